The number of benzene rings is 1. The number of carbonyl (C=O) groups is 2. The van der Waals surface area contributed by atoms with Crippen molar-refractivity contribution in [3.05, 3.63) is 71.8 Å². The van der Waals surface area contributed by atoms with E-state index in [1.54, 1.807) is 38.2 Å². The van der Waals surface area contributed by atoms with Crippen LogP contribution in [-0.4, -0.2) is 29.2 Å². The highest BCUT2D eigenvalue weighted by Gasteiger charge is 2.13. The van der Waals surface area contributed by atoms with Crippen molar-refractivity contribution < 1.29 is 14.3 Å². The van der Waals surface area contributed by atoms with Crippen molar-refractivity contribution in [2.75, 3.05) is 11.9 Å². The van der Waals surface area contributed by atoms with E-state index in [4.69, 9.17) is 10.1 Å². The van der Waals surface area contributed by atoms with E-state index in [0.29, 0.717) is 17.1 Å². The highest BCUT2D eigenvalue weighted by Crippen LogP contribution is 2.11. The third-order valence-electron chi connectivity index (χ3n) is 3.54. The van der Waals surface area contributed by atoms with E-state index in [-0.39, 0.29) is 12.1 Å². The van der Waals surface area contributed by atoms with Gasteiger partial charge in [0.05, 0.1) is 23.5 Å². The van der Waals surface area contributed by atoms with Gasteiger partial charge in [-0.1, -0.05) is 24.3 Å². The predicted molar refractivity (Wildman–Crippen MR) is 103 cm³/mol. The summed E-state index contributed by atoms with van der Waals surface area (Å²) in [5, 5.41) is 13.6. The second-order valence-corrected chi connectivity index (χ2v) is 5.82. The van der Waals surface area contributed by atoms with E-state index in [0.717, 1.165) is 5.69 Å². The maximum absolute atomic E-state index is 12.1. The summed E-state index contributed by atoms with van der Waals surface area (Å²) in [7, 11) is 0. The second-order valence-electron chi connectivity index (χ2n) is 5.82. The van der Waals surface area contributed by atoms with E-state index in [9.17, 15) is 9.59 Å². The van der Waals surface area contributed by atoms with Crippen molar-refractivity contribution in [3.63, 3.8) is 0 Å². The molecule has 0 aliphatic carbocycles. The summed E-state index contributed by atoms with van der Waals surface area (Å²) in [4.78, 5) is 27.9. The molecular weight excluding hydrogens is 344 g/mol. The van der Waals surface area contributed by atoms with Gasteiger partial charge < -0.3 is 20.8 Å². The zero-order valence-corrected chi connectivity index (χ0v) is 15.3. The number of pyridine rings is 1. The van der Waals surface area contributed by atoms with E-state index < -0.39 is 18.5 Å². The molecule has 7 nitrogen and oxygen atoms in total. The largest absolute Gasteiger partial charge is 0.455 e. The van der Waals surface area contributed by atoms with Gasteiger partial charge in [-0.15, -0.1) is 0 Å². The molecule has 0 radical (unpaired) electrons. The van der Waals surface area contributed by atoms with Crippen LogP contribution in [0.4, 0.5) is 5.69 Å². The number of hydrogen-bond donors (Lipinski definition) is 3. The molecule has 0 spiro atoms. The number of amides is 1. The van der Waals surface area contributed by atoms with E-state index in [2.05, 4.69) is 15.6 Å². The Kier molecular flexibility index (Phi) is 7.25. The van der Waals surface area contributed by atoms with Gasteiger partial charge in [-0.3, -0.25) is 14.6 Å². The lowest BCUT2D eigenvalue weighted by molar-refractivity contribution is -0.147. The van der Waals surface area contributed by atoms with Crippen LogP contribution in [0.2, 0.25) is 0 Å². The first-order chi connectivity index (χ1) is 13.0. The van der Waals surface area contributed by atoms with Crippen LogP contribution >= 0.6 is 0 Å². The number of anilines is 1. The Morgan fingerprint density at radius 2 is 1.78 bits per heavy atom. The predicted octanol–water partition coefficient (Wildman–Crippen LogP) is 2.67. The van der Waals surface area contributed by atoms with E-state index >= 15 is 0 Å². The van der Waals surface area contributed by atoms with Gasteiger partial charge in [0.15, 0.2) is 6.61 Å². The molecule has 0 bridgehead atoms. The van der Waals surface area contributed by atoms with Gasteiger partial charge in [0, 0.05) is 17.6 Å². The lowest BCUT2D eigenvalue weighted by Gasteiger charge is -2.15. The molecule has 2 rings (SSSR count). The number of nitrogens with one attached hydrogen (secondary N) is 3. The van der Waals surface area contributed by atoms with Crippen LogP contribution in [0.15, 0.2) is 66.1 Å². The molecule has 0 aliphatic heterocycles. The number of ether oxygens (including phenoxy) is 1. The molecule has 3 N–H and O–H groups in total. The molecular formula is C20H22N4O3. The number of hydrogen-bond acceptors (Lipinski definition) is 6. The normalized spacial score (nSPS) is 11.2. The molecule has 0 aliphatic rings. The first-order valence-corrected chi connectivity index (χ1v) is 8.39. The van der Waals surface area contributed by atoms with Gasteiger partial charge in [0.1, 0.15) is 0 Å². The van der Waals surface area contributed by atoms with Gasteiger partial charge >= 0.3 is 5.97 Å². The number of aromatic nitrogens is 1. The Hall–Kier alpha value is -3.48. The van der Waals surface area contributed by atoms with Crippen LogP contribution in [-0.2, 0) is 20.7 Å². The third-order valence-corrected chi connectivity index (χ3v) is 3.54. The summed E-state index contributed by atoms with van der Waals surface area (Å²) >= 11 is 0. The highest BCUT2D eigenvalue weighted by molar-refractivity contribution is 6.00. The molecule has 0 saturated heterocycles. The third kappa shape index (κ3) is 6.74. The standard InChI is InChI=1S/C20H22N4O3/c1-14(21)20(15(2)23-16-8-4-3-5-9-16)24-18(25)13-27-19(26)12-17-10-6-7-11-22-17/h3-11,21,23H,12-13H2,1-2H3,(H,24,25)/b20-15+,21-14?. The number of allylic oxidation sites excluding steroid dienone is 2. The van der Waals surface area contributed by atoms with Crippen LogP contribution in [0.5, 0.6) is 0 Å². The Bertz CT molecular complexity index is 833. The van der Waals surface area contributed by atoms with Crippen LogP contribution in [0, 0.1) is 5.41 Å². The monoisotopic (exact) mass is 366 g/mol. The fourth-order valence-electron chi connectivity index (χ4n) is 2.29. The fourth-order valence-corrected chi connectivity index (χ4v) is 2.29. The van der Waals surface area contributed by atoms with Gasteiger partial charge in [-0.25, -0.2) is 0 Å². The van der Waals surface area contributed by atoms with Crippen molar-refractivity contribution in [1.82, 2.24) is 10.3 Å². The van der Waals surface area contributed by atoms with Crippen LogP contribution in [0.25, 0.3) is 0 Å². The summed E-state index contributed by atoms with van der Waals surface area (Å²) < 4.78 is 4.98. The summed E-state index contributed by atoms with van der Waals surface area (Å²) in [6.45, 7) is 2.90. The molecule has 0 atom stereocenters. The molecule has 0 saturated carbocycles. The Morgan fingerprint density at radius 3 is 2.41 bits per heavy atom. The molecule has 2 aromatic rings. The smallest absolute Gasteiger partial charge is 0.312 e. The average Bonchev–Trinajstić information content (AvgIpc) is 2.65. The maximum Gasteiger partial charge on any atom is 0.312 e. The molecule has 1 amide bonds. The minimum absolute atomic E-state index is 0.00496. The lowest BCUT2D eigenvalue weighted by atomic mass is 10.2. The zero-order valence-electron chi connectivity index (χ0n) is 15.3. The molecule has 1 aromatic heterocycles. The minimum Gasteiger partial charge on any atom is -0.455 e. The lowest BCUT2D eigenvalue weighted by Crippen LogP contribution is -2.32. The Labute approximate surface area is 158 Å². The molecule has 0 fully saturated rings. The minimum atomic E-state index is -0.542. The van der Waals surface area contributed by atoms with Crippen LogP contribution < -0.4 is 10.6 Å². The number of carbonyl (C=O) groups excluding carboxylic acids is 2. The molecule has 7 heteroatoms. The fraction of sp³-hybridized carbons (Fsp3) is 0.200. The summed E-state index contributed by atoms with van der Waals surface area (Å²) in [5.74, 6) is -1.06. The Balaban J connectivity index is 1.91. The number of esters is 1. The molecule has 140 valence electrons. The van der Waals surface area contributed by atoms with E-state index in [1.165, 1.54) is 0 Å². The molecule has 0 unspecified atom stereocenters. The van der Waals surface area contributed by atoms with Crippen molar-refractivity contribution in [1.29, 1.82) is 5.41 Å². The van der Waals surface area contributed by atoms with Gasteiger partial charge in [0.2, 0.25) is 0 Å². The SMILES string of the molecule is CC(=N)/C(NC(=O)COC(=O)Cc1ccccn1)=C(/C)Nc1ccccc1. The van der Waals surface area contributed by atoms with Gasteiger partial charge in [0.25, 0.3) is 5.91 Å². The number of nitrogens with zero attached hydrogens (tertiary/aromatic N) is 1. The number of rotatable bonds is 8. The first kappa shape index (κ1) is 19.8. The van der Waals surface area contributed by atoms with Crippen LogP contribution in [0.1, 0.15) is 19.5 Å². The average molecular weight is 366 g/mol. The van der Waals surface area contributed by atoms with Crippen molar-refractivity contribution >= 4 is 23.3 Å². The van der Waals surface area contributed by atoms with Crippen molar-refractivity contribution in [2.45, 2.75) is 20.3 Å². The number of para-hydroxylation sites is 1. The molecule has 1 heterocycles. The second kappa shape index (κ2) is 9.86. The summed E-state index contributed by atoms with van der Waals surface area (Å²) in [6.07, 6.45) is 1.58. The van der Waals surface area contributed by atoms with E-state index in [1.807, 2.05) is 30.3 Å². The molecule has 27 heavy (non-hydrogen) atoms. The Morgan fingerprint density at radius 1 is 1.07 bits per heavy atom. The zero-order chi connectivity index (χ0) is 19.6. The quantitative estimate of drug-likeness (QED) is 0.492. The summed E-state index contributed by atoms with van der Waals surface area (Å²) in [5.41, 5.74) is 2.54. The molecule has 1 aromatic carbocycles. The van der Waals surface area contributed by atoms with Crippen molar-refractivity contribution in [3.8, 4) is 0 Å². The summed E-state index contributed by atoms with van der Waals surface area (Å²) in [6, 6.07) is 14.6. The van der Waals surface area contributed by atoms with Gasteiger partial charge in [-0.05, 0) is 38.1 Å². The topological polar surface area (TPSA) is 104 Å². The first-order valence-electron chi connectivity index (χ1n) is 8.39. The maximum atomic E-state index is 12.1. The van der Waals surface area contributed by atoms with Crippen LogP contribution in [0.3, 0.4) is 0 Å². The van der Waals surface area contributed by atoms with Crippen molar-refractivity contribution in [2.24, 2.45) is 0 Å². The highest BCUT2D eigenvalue weighted by atomic mass is 16.5. The van der Waals surface area contributed by atoms with Gasteiger partial charge in [-0.2, -0.15) is 0 Å².